The van der Waals surface area contributed by atoms with E-state index in [4.69, 9.17) is 9.72 Å². The molecule has 1 aliphatic carbocycles. The molecule has 5 heteroatoms. The summed E-state index contributed by atoms with van der Waals surface area (Å²) in [4.78, 5) is 20.6. The molecular formula is C31H39N3O2. The second kappa shape index (κ2) is 11.1. The molecule has 0 radical (unpaired) electrons. The first kappa shape index (κ1) is 24.9. The maximum Gasteiger partial charge on any atom is 0.253 e. The maximum atomic E-state index is 13.3. The van der Waals surface area contributed by atoms with Crippen LogP contribution < -0.4 is 5.32 Å². The highest BCUT2D eigenvalue weighted by molar-refractivity contribution is 5.99. The van der Waals surface area contributed by atoms with Crippen molar-refractivity contribution in [1.29, 1.82) is 0 Å². The molecule has 0 unspecified atom stereocenters. The summed E-state index contributed by atoms with van der Waals surface area (Å²) in [6.07, 6.45) is 6.74. The van der Waals surface area contributed by atoms with E-state index in [9.17, 15) is 4.79 Å². The van der Waals surface area contributed by atoms with E-state index in [0.717, 1.165) is 73.5 Å². The van der Waals surface area contributed by atoms with Crippen molar-refractivity contribution >= 4 is 16.8 Å². The molecule has 5 rings (SSSR count). The molecule has 190 valence electrons. The van der Waals surface area contributed by atoms with Crippen molar-refractivity contribution in [2.45, 2.75) is 64.5 Å². The fourth-order valence-electron chi connectivity index (χ4n) is 5.86. The Morgan fingerprint density at radius 3 is 2.36 bits per heavy atom. The van der Waals surface area contributed by atoms with E-state index < -0.39 is 0 Å². The molecule has 3 aromatic rings. The first-order valence-electron chi connectivity index (χ1n) is 13.5. The Hall–Kier alpha value is -2.76. The van der Waals surface area contributed by atoms with E-state index in [1.807, 2.05) is 13.0 Å². The quantitative estimate of drug-likeness (QED) is 0.471. The largest absolute Gasteiger partial charge is 0.381 e. The van der Waals surface area contributed by atoms with Gasteiger partial charge in [-0.1, -0.05) is 35.9 Å². The number of nitrogens with one attached hydrogen (secondary N) is 1. The highest BCUT2D eigenvalue weighted by Gasteiger charge is 2.26. The Morgan fingerprint density at radius 2 is 1.64 bits per heavy atom. The lowest BCUT2D eigenvalue weighted by Gasteiger charge is -2.36. The summed E-state index contributed by atoms with van der Waals surface area (Å²) >= 11 is 0. The second-order valence-corrected chi connectivity index (χ2v) is 10.9. The SMILES string of the molecule is Cc1ccc(-c2ccc3nc(C)c(C(=O)NC4CCC(CN(C)C5CCOCC5)CC4)cc3c2)cc1. The summed E-state index contributed by atoms with van der Waals surface area (Å²) in [6.45, 7) is 6.97. The summed E-state index contributed by atoms with van der Waals surface area (Å²) in [5.41, 5.74) is 5.96. The lowest BCUT2D eigenvalue weighted by molar-refractivity contribution is 0.0356. The van der Waals surface area contributed by atoms with Gasteiger partial charge in [0.2, 0.25) is 0 Å². The fraction of sp³-hybridized carbons (Fsp3) is 0.484. The van der Waals surface area contributed by atoms with Gasteiger partial charge in [-0.15, -0.1) is 0 Å². The third-order valence-electron chi connectivity index (χ3n) is 8.18. The molecule has 1 saturated heterocycles. The third kappa shape index (κ3) is 5.79. The number of benzene rings is 2. The molecule has 2 fully saturated rings. The summed E-state index contributed by atoms with van der Waals surface area (Å²) in [5.74, 6) is 0.723. The van der Waals surface area contributed by atoms with Crippen LogP contribution in [0.1, 0.15) is 60.1 Å². The Morgan fingerprint density at radius 1 is 0.944 bits per heavy atom. The molecule has 1 amide bonds. The average molecular weight is 486 g/mol. The third-order valence-corrected chi connectivity index (χ3v) is 8.18. The van der Waals surface area contributed by atoms with Crippen LogP contribution in [0.3, 0.4) is 0 Å². The smallest absolute Gasteiger partial charge is 0.253 e. The van der Waals surface area contributed by atoms with Crippen LogP contribution >= 0.6 is 0 Å². The van der Waals surface area contributed by atoms with Crippen LogP contribution in [0.2, 0.25) is 0 Å². The molecule has 0 spiro atoms. The number of aryl methyl sites for hydroxylation is 2. The maximum absolute atomic E-state index is 13.3. The molecule has 5 nitrogen and oxygen atoms in total. The van der Waals surface area contributed by atoms with Crippen molar-refractivity contribution in [3.05, 3.63) is 65.4 Å². The van der Waals surface area contributed by atoms with Crippen LogP contribution in [-0.2, 0) is 4.74 Å². The predicted octanol–water partition coefficient (Wildman–Crippen LogP) is 5.92. The molecular weight excluding hydrogens is 446 g/mol. The lowest BCUT2D eigenvalue weighted by Crippen LogP contribution is -2.42. The summed E-state index contributed by atoms with van der Waals surface area (Å²) in [7, 11) is 2.27. The number of nitrogens with zero attached hydrogens (tertiary/aromatic N) is 2. The van der Waals surface area contributed by atoms with Gasteiger partial charge in [-0.3, -0.25) is 9.78 Å². The zero-order valence-corrected chi connectivity index (χ0v) is 21.9. The highest BCUT2D eigenvalue weighted by atomic mass is 16.5. The molecule has 1 aliphatic heterocycles. The van der Waals surface area contributed by atoms with Gasteiger partial charge in [0.1, 0.15) is 0 Å². The monoisotopic (exact) mass is 485 g/mol. The average Bonchev–Trinajstić information content (AvgIpc) is 2.90. The van der Waals surface area contributed by atoms with Gasteiger partial charge < -0.3 is 15.0 Å². The number of ether oxygens (including phenoxy) is 1. The number of carbonyl (C=O) groups excluding carboxylic acids is 1. The summed E-state index contributed by atoms with van der Waals surface area (Å²) < 4.78 is 5.52. The number of aromatic nitrogens is 1. The van der Waals surface area contributed by atoms with Crippen LogP contribution in [0.5, 0.6) is 0 Å². The molecule has 2 aliphatic rings. The Balaban J connectivity index is 1.21. The molecule has 1 saturated carbocycles. The number of hydrogen-bond acceptors (Lipinski definition) is 4. The molecule has 2 aromatic carbocycles. The topological polar surface area (TPSA) is 54.5 Å². The Labute approximate surface area is 215 Å². The van der Waals surface area contributed by atoms with Crippen LogP contribution in [0.25, 0.3) is 22.0 Å². The van der Waals surface area contributed by atoms with Crippen LogP contribution in [-0.4, -0.2) is 54.7 Å². The molecule has 0 atom stereocenters. The lowest BCUT2D eigenvalue weighted by atomic mass is 9.85. The van der Waals surface area contributed by atoms with Crippen molar-refractivity contribution in [1.82, 2.24) is 15.2 Å². The minimum absolute atomic E-state index is 0.00501. The highest BCUT2D eigenvalue weighted by Crippen LogP contribution is 2.28. The van der Waals surface area contributed by atoms with E-state index in [-0.39, 0.29) is 11.9 Å². The molecule has 2 heterocycles. The zero-order valence-electron chi connectivity index (χ0n) is 21.9. The minimum atomic E-state index is 0.00501. The van der Waals surface area contributed by atoms with E-state index in [2.05, 4.69) is 66.7 Å². The molecule has 0 bridgehead atoms. The van der Waals surface area contributed by atoms with Gasteiger partial charge in [-0.05, 0) is 94.7 Å². The van der Waals surface area contributed by atoms with Gasteiger partial charge in [0.05, 0.1) is 16.8 Å². The van der Waals surface area contributed by atoms with E-state index in [1.165, 1.54) is 24.0 Å². The van der Waals surface area contributed by atoms with Crippen molar-refractivity contribution in [3.63, 3.8) is 0 Å². The first-order valence-corrected chi connectivity index (χ1v) is 13.5. The van der Waals surface area contributed by atoms with Gasteiger partial charge in [0.25, 0.3) is 5.91 Å². The van der Waals surface area contributed by atoms with E-state index in [1.54, 1.807) is 0 Å². The molecule has 1 N–H and O–H groups in total. The van der Waals surface area contributed by atoms with Gasteiger partial charge in [0, 0.05) is 37.2 Å². The van der Waals surface area contributed by atoms with Crippen LogP contribution in [0, 0.1) is 19.8 Å². The van der Waals surface area contributed by atoms with Crippen molar-refractivity contribution in [2.24, 2.45) is 5.92 Å². The number of carbonyl (C=O) groups is 1. The second-order valence-electron chi connectivity index (χ2n) is 10.9. The van der Waals surface area contributed by atoms with Crippen molar-refractivity contribution in [2.75, 3.05) is 26.8 Å². The van der Waals surface area contributed by atoms with Gasteiger partial charge >= 0.3 is 0 Å². The van der Waals surface area contributed by atoms with E-state index in [0.29, 0.717) is 11.6 Å². The summed E-state index contributed by atoms with van der Waals surface area (Å²) in [6, 6.07) is 17.8. The first-order chi connectivity index (χ1) is 17.5. The van der Waals surface area contributed by atoms with Gasteiger partial charge in [0.15, 0.2) is 0 Å². The minimum Gasteiger partial charge on any atom is -0.381 e. The standard InChI is InChI=1S/C31H39N3O2/c1-21-4-8-24(9-5-21)25-10-13-30-26(18-25)19-29(22(2)32-30)31(35)33-27-11-6-23(7-12-27)20-34(3)28-14-16-36-17-15-28/h4-5,8-10,13,18-19,23,27-28H,6-7,11-12,14-17,20H2,1-3H3,(H,33,35). The predicted molar refractivity (Wildman–Crippen MR) is 146 cm³/mol. The summed E-state index contributed by atoms with van der Waals surface area (Å²) in [5, 5.41) is 4.32. The molecule has 36 heavy (non-hydrogen) atoms. The molecule has 1 aromatic heterocycles. The number of amides is 1. The van der Waals surface area contributed by atoms with Gasteiger partial charge in [-0.2, -0.15) is 0 Å². The van der Waals surface area contributed by atoms with Crippen LogP contribution in [0.4, 0.5) is 0 Å². The zero-order chi connectivity index (χ0) is 25.1. The fourth-order valence-corrected chi connectivity index (χ4v) is 5.86. The van der Waals surface area contributed by atoms with E-state index >= 15 is 0 Å². The number of hydrogen-bond donors (Lipinski definition) is 1. The normalized spacial score (nSPS) is 21.1. The van der Waals surface area contributed by atoms with Crippen molar-refractivity contribution < 1.29 is 9.53 Å². The number of rotatable bonds is 6. The number of fused-ring (bicyclic) bond motifs is 1. The Bertz CT molecular complexity index is 1190. The Kier molecular flexibility index (Phi) is 7.68. The number of pyridine rings is 1. The van der Waals surface area contributed by atoms with Gasteiger partial charge in [-0.25, -0.2) is 0 Å². The van der Waals surface area contributed by atoms with Crippen LogP contribution in [0.15, 0.2) is 48.5 Å². The van der Waals surface area contributed by atoms with Crippen molar-refractivity contribution in [3.8, 4) is 11.1 Å².